The lowest BCUT2D eigenvalue weighted by Crippen LogP contribution is -2.38. The van der Waals surface area contributed by atoms with Crippen LogP contribution < -0.4 is 5.73 Å². The van der Waals surface area contributed by atoms with Gasteiger partial charge >= 0.3 is 0 Å². The van der Waals surface area contributed by atoms with Crippen molar-refractivity contribution < 1.29 is 14.3 Å². The molecule has 1 saturated heterocycles. The standard InChI is InChI=1S/C28H30N6O3/c1-2-37-15-12-25(36)33-13-10-20(11-14-33)26-23(18-35)27(29)34-28(32-26)22(17-31-34)21-8-9-24(30-16-21)19-6-4-3-5-7-19/h3-9,16-18,20H,2,10-15,29H2,1H3. The number of hydrogen-bond donors (Lipinski definition) is 1. The fourth-order valence-corrected chi connectivity index (χ4v) is 4.88. The Kier molecular flexibility index (Phi) is 7.23. The summed E-state index contributed by atoms with van der Waals surface area (Å²) >= 11 is 0. The Hall–Kier alpha value is -4.11. The summed E-state index contributed by atoms with van der Waals surface area (Å²) in [7, 11) is 0. The zero-order valence-corrected chi connectivity index (χ0v) is 20.8. The lowest BCUT2D eigenvalue weighted by molar-refractivity contribution is -0.133. The maximum atomic E-state index is 12.5. The highest BCUT2D eigenvalue weighted by Gasteiger charge is 2.28. The average molecular weight is 499 g/mol. The molecular weight excluding hydrogens is 468 g/mol. The number of nitrogens with zero attached hydrogens (tertiary/aromatic N) is 5. The van der Waals surface area contributed by atoms with Crippen LogP contribution in [0.25, 0.3) is 28.0 Å². The molecule has 2 N–H and O–H groups in total. The van der Waals surface area contributed by atoms with Crippen LogP contribution in [-0.4, -0.2) is 63.0 Å². The van der Waals surface area contributed by atoms with Gasteiger partial charge in [0.15, 0.2) is 11.9 Å². The Labute approximate surface area is 215 Å². The van der Waals surface area contributed by atoms with Gasteiger partial charge in [-0.2, -0.15) is 9.61 Å². The van der Waals surface area contributed by atoms with Crippen molar-refractivity contribution in [3.05, 3.63) is 66.1 Å². The van der Waals surface area contributed by atoms with Crippen LogP contribution in [0.1, 0.15) is 48.2 Å². The predicted octanol–water partition coefficient (Wildman–Crippen LogP) is 3.99. The van der Waals surface area contributed by atoms with Gasteiger partial charge in [0, 0.05) is 48.5 Å². The molecular formula is C28H30N6O3. The number of ether oxygens (including phenoxy) is 1. The first kappa shape index (κ1) is 24.6. The molecule has 4 aromatic rings. The summed E-state index contributed by atoms with van der Waals surface area (Å²) in [6.07, 6.45) is 6.06. The minimum absolute atomic E-state index is 0.0183. The smallest absolute Gasteiger partial charge is 0.224 e. The van der Waals surface area contributed by atoms with Crippen LogP contribution >= 0.6 is 0 Å². The molecule has 0 aliphatic carbocycles. The number of nitrogen functional groups attached to an aromatic ring is 1. The van der Waals surface area contributed by atoms with Gasteiger partial charge in [0.2, 0.25) is 5.91 Å². The Morgan fingerprint density at radius 2 is 1.89 bits per heavy atom. The van der Waals surface area contributed by atoms with Crippen molar-refractivity contribution in [3.63, 3.8) is 0 Å². The lowest BCUT2D eigenvalue weighted by atomic mass is 9.90. The van der Waals surface area contributed by atoms with Crippen molar-refractivity contribution in [2.24, 2.45) is 0 Å². The maximum absolute atomic E-state index is 12.5. The number of carbonyl (C=O) groups excluding carboxylic acids is 2. The number of hydrogen-bond acceptors (Lipinski definition) is 7. The molecule has 190 valence electrons. The maximum Gasteiger partial charge on any atom is 0.224 e. The van der Waals surface area contributed by atoms with Crippen molar-refractivity contribution in [1.29, 1.82) is 0 Å². The van der Waals surface area contributed by atoms with Gasteiger partial charge in [0.05, 0.1) is 36.2 Å². The number of pyridine rings is 1. The molecule has 37 heavy (non-hydrogen) atoms. The molecule has 9 heteroatoms. The number of aromatic nitrogens is 4. The molecule has 4 heterocycles. The zero-order valence-electron chi connectivity index (χ0n) is 20.8. The van der Waals surface area contributed by atoms with E-state index in [0.717, 1.165) is 28.7 Å². The van der Waals surface area contributed by atoms with Gasteiger partial charge in [-0.1, -0.05) is 36.4 Å². The third-order valence-corrected chi connectivity index (χ3v) is 6.91. The number of nitrogens with two attached hydrogens (primary N) is 1. The SMILES string of the molecule is CCOCCC(=O)N1CCC(c2nc3c(-c4ccc(-c5ccccc5)nc4)cnn3c(N)c2C=O)CC1. The third-order valence-electron chi connectivity index (χ3n) is 6.91. The van der Waals surface area contributed by atoms with Gasteiger partial charge in [-0.15, -0.1) is 0 Å². The van der Waals surface area contributed by atoms with Crippen LogP contribution in [-0.2, 0) is 9.53 Å². The highest BCUT2D eigenvalue weighted by atomic mass is 16.5. The second kappa shape index (κ2) is 10.9. The van der Waals surface area contributed by atoms with E-state index in [9.17, 15) is 9.59 Å². The highest BCUT2D eigenvalue weighted by molar-refractivity contribution is 5.87. The first-order chi connectivity index (χ1) is 18.1. The number of fused-ring (bicyclic) bond motifs is 1. The lowest BCUT2D eigenvalue weighted by Gasteiger charge is -2.32. The summed E-state index contributed by atoms with van der Waals surface area (Å²) in [4.78, 5) is 36.0. The monoisotopic (exact) mass is 498 g/mol. The van der Waals surface area contributed by atoms with Gasteiger partial charge < -0.3 is 15.4 Å². The minimum atomic E-state index is 0.0183. The molecule has 1 aliphatic heterocycles. The largest absolute Gasteiger partial charge is 0.383 e. The van der Waals surface area contributed by atoms with Crippen LogP contribution in [0.15, 0.2) is 54.9 Å². The molecule has 0 radical (unpaired) electrons. The van der Waals surface area contributed by atoms with Crippen molar-refractivity contribution in [3.8, 4) is 22.4 Å². The molecule has 0 spiro atoms. The molecule has 5 rings (SSSR count). The number of amides is 1. The van der Waals surface area contributed by atoms with E-state index in [0.29, 0.717) is 62.5 Å². The molecule has 1 aliphatic rings. The fraction of sp³-hybridized carbons (Fsp3) is 0.321. The van der Waals surface area contributed by atoms with E-state index >= 15 is 0 Å². The van der Waals surface area contributed by atoms with E-state index in [4.69, 9.17) is 15.5 Å². The summed E-state index contributed by atoms with van der Waals surface area (Å²) in [6, 6.07) is 13.9. The van der Waals surface area contributed by atoms with E-state index in [2.05, 4.69) is 10.1 Å². The van der Waals surface area contributed by atoms with Gasteiger partial charge in [0.25, 0.3) is 0 Å². The van der Waals surface area contributed by atoms with Gasteiger partial charge in [-0.3, -0.25) is 14.6 Å². The quantitative estimate of drug-likeness (QED) is 0.288. The van der Waals surface area contributed by atoms with E-state index in [1.54, 1.807) is 12.4 Å². The van der Waals surface area contributed by atoms with Crippen LogP contribution in [0.2, 0.25) is 0 Å². The van der Waals surface area contributed by atoms with Crippen molar-refractivity contribution in [2.75, 3.05) is 32.0 Å². The first-order valence-corrected chi connectivity index (χ1v) is 12.6. The van der Waals surface area contributed by atoms with Crippen molar-refractivity contribution >= 4 is 23.7 Å². The van der Waals surface area contributed by atoms with E-state index in [1.165, 1.54) is 4.52 Å². The summed E-state index contributed by atoms with van der Waals surface area (Å²) in [6.45, 7) is 4.17. The normalized spacial score (nSPS) is 14.2. The summed E-state index contributed by atoms with van der Waals surface area (Å²) in [5, 5.41) is 4.42. The number of carbonyl (C=O) groups is 2. The Morgan fingerprint density at radius 3 is 2.57 bits per heavy atom. The number of benzene rings is 1. The molecule has 1 amide bonds. The van der Waals surface area contributed by atoms with E-state index in [-0.39, 0.29) is 17.6 Å². The molecule has 1 aromatic carbocycles. The van der Waals surface area contributed by atoms with Gasteiger partial charge in [0.1, 0.15) is 5.82 Å². The van der Waals surface area contributed by atoms with Gasteiger partial charge in [-0.25, -0.2) is 4.98 Å². The second-order valence-corrected chi connectivity index (χ2v) is 9.11. The summed E-state index contributed by atoms with van der Waals surface area (Å²) in [5.41, 5.74) is 11.6. The molecule has 0 unspecified atom stereocenters. The van der Waals surface area contributed by atoms with Crippen LogP contribution in [0.4, 0.5) is 5.82 Å². The molecule has 3 aromatic heterocycles. The Balaban J connectivity index is 1.41. The summed E-state index contributed by atoms with van der Waals surface area (Å²) in [5.74, 6) is 0.380. The number of likely N-dealkylation sites (tertiary alicyclic amines) is 1. The average Bonchev–Trinajstić information content (AvgIpc) is 3.38. The van der Waals surface area contributed by atoms with E-state index < -0.39 is 0 Å². The third kappa shape index (κ3) is 4.95. The van der Waals surface area contributed by atoms with Crippen LogP contribution in [0, 0.1) is 0 Å². The molecule has 9 nitrogen and oxygen atoms in total. The number of anilines is 1. The number of rotatable bonds is 8. The fourth-order valence-electron chi connectivity index (χ4n) is 4.88. The van der Waals surface area contributed by atoms with Gasteiger partial charge in [-0.05, 0) is 25.8 Å². The topological polar surface area (TPSA) is 116 Å². The van der Waals surface area contributed by atoms with Crippen LogP contribution in [0.3, 0.4) is 0 Å². The van der Waals surface area contributed by atoms with Crippen molar-refractivity contribution in [1.82, 2.24) is 24.5 Å². The molecule has 0 saturated carbocycles. The molecule has 0 bridgehead atoms. The molecule has 0 atom stereocenters. The number of piperidine rings is 1. The minimum Gasteiger partial charge on any atom is -0.383 e. The first-order valence-electron chi connectivity index (χ1n) is 12.6. The van der Waals surface area contributed by atoms with E-state index in [1.807, 2.05) is 54.3 Å². The van der Waals surface area contributed by atoms with Crippen LogP contribution in [0.5, 0.6) is 0 Å². The molecule has 1 fully saturated rings. The Morgan fingerprint density at radius 1 is 1.11 bits per heavy atom. The second-order valence-electron chi connectivity index (χ2n) is 9.11. The zero-order chi connectivity index (χ0) is 25.8. The Bertz CT molecular complexity index is 1390. The van der Waals surface area contributed by atoms with Crippen molar-refractivity contribution in [2.45, 2.75) is 32.1 Å². The highest BCUT2D eigenvalue weighted by Crippen LogP contribution is 2.34. The summed E-state index contributed by atoms with van der Waals surface area (Å²) < 4.78 is 6.83. The predicted molar refractivity (Wildman–Crippen MR) is 141 cm³/mol. The number of aldehydes is 1.